The van der Waals surface area contributed by atoms with Crippen molar-refractivity contribution in [3.63, 3.8) is 0 Å². The van der Waals surface area contributed by atoms with Gasteiger partial charge in [0.05, 0.1) is 18.8 Å². The summed E-state index contributed by atoms with van der Waals surface area (Å²) in [5.41, 5.74) is 2.73. The van der Waals surface area contributed by atoms with Crippen molar-refractivity contribution in [1.82, 2.24) is 4.90 Å². The second-order valence-electron chi connectivity index (χ2n) is 12.7. The molecule has 1 saturated heterocycles. The molecule has 5 aliphatic rings. The van der Waals surface area contributed by atoms with Crippen molar-refractivity contribution in [1.29, 1.82) is 0 Å². The Hall–Kier alpha value is -1.73. The monoisotopic (exact) mass is 509 g/mol. The van der Waals surface area contributed by atoms with E-state index in [1.54, 1.807) is 0 Å². The van der Waals surface area contributed by atoms with Crippen molar-refractivity contribution in [3.05, 3.63) is 41.0 Å². The summed E-state index contributed by atoms with van der Waals surface area (Å²) in [6.45, 7) is 4.98. The molecule has 0 aromatic heterocycles. The lowest BCUT2D eigenvalue weighted by Gasteiger charge is -2.57. The molecule has 6 heteroatoms. The summed E-state index contributed by atoms with van der Waals surface area (Å²) in [7, 11) is 4.09. The Morgan fingerprint density at radius 1 is 1.08 bits per heavy atom. The number of ether oxygens (including phenoxy) is 3. The molecule has 3 saturated carbocycles. The molecule has 5 atom stereocenters. The molecule has 6 nitrogen and oxygen atoms in total. The molecule has 0 amide bonds. The maximum Gasteiger partial charge on any atom is 0.171 e. The number of benzene rings is 1. The fourth-order valence-electron chi connectivity index (χ4n) is 8.42. The smallest absolute Gasteiger partial charge is 0.171 e. The van der Waals surface area contributed by atoms with Crippen LogP contribution in [0.15, 0.2) is 35.4 Å². The van der Waals surface area contributed by atoms with Gasteiger partial charge in [-0.05, 0) is 87.7 Å². The Kier molecular flexibility index (Phi) is 6.54. The van der Waals surface area contributed by atoms with Crippen molar-refractivity contribution < 1.29 is 24.1 Å². The van der Waals surface area contributed by atoms with E-state index in [-0.39, 0.29) is 11.3 Å². The average molecular weight is 510 g/mol. The van der Waals surface area contributed by atoms with Gasteiger partial charge in [-0.3, -0.25) is 4.79 Å². The van der Waals surface area contributed by atoms with Crippen LogP contribution in [-0.4, -0.2) is 67.6 Å². The quantitative estimate of drug-likeness (QED) is 0.572. The molecule has 4 fully saturated rings. The summed E-state index contributed by atoms with van der Waals surface area (Å²) < 4.78 is 18.1. The van der Waals surface area contributed by atoms with Gasteiger partial charge in [0.2, 0.25) is 0 Å². The predicted molar refractivity (Wildman–Crippen MR) is 141 cm³/mol. The van der Waals surface area contributed by atoms with E-state index in [1.807, 2.05) is 14.1 Å². The summed E-state index contributed by atoms with van der Waals surface area (Å²) in [5.74, 6) is 1.57. The number of hydrogen-bond acceptors (Lipinski definition) is 6. The molecule has 1 aromatic rings. The molecule has 1 aliphatic heterocycles. The van der Waals surface area contributed by atoms with Crippen LogP contribution < -0.4 is 4.74 Å². The van der Waals surface area contributed by atoms with Crippen LogP contribution >= 0.6 is 0 Å². The van der Waals surface area contributed by atoms with Crippen LogP contribution in [0, 0.1) is 17.3 Å². The van der Waals surface area contributed by atoms with Gasteiger partial charge in [0, 0.05) is 37.1 Å². The van der Waals surface area contributed by atoms with E-state index in [0.29, 0.717) is 50.3 Å². The van der Waals surface area contributed by atoms with Crippen molar-refractivity contribution in [3.8, 4) is 5.75 Å². The molecular weight excluding hydrogens is 466 g/mol. The molecular formula is C31H43NO5. The summed E-state index contributed by atoms with van der Waals surface area (Å²) in [6, 6.07) is 8.54. The largest absolute Gasteiger partial charge is 0.492 e. The van der Waals surface area contributed by atoms with Gasteiger partial charge in [-0.1, -0.05) is 24.6 Å². The highest BCUT2D eigenvalue weighted by atomic mass is 16.7. The molecule has 1 N–H and O–H groups in total. The zero-order valence-electron chi connectivity index (χ0n) is 22.8. The first kappa shape index (κ1) is 25.5. The van der Waals surface area contributed by atoms with Gasteiger partial charge >= 0.3 is 0 Å². The van der Waals surface area contributed by atoms with Gasteiger partial charge in [-0.25, -0.2) is 0 Å². The first-order valence-corrected chi connectivity index (χ1v) is 14.4. The summed E-state index contributed by atoms with van der Waals surface area (Å²) in [6.07, 6.45) is 7.45. The number of rotatable bonds is 5. The van der Waals surface area contributed by atoms with E-state index in [9.17, 15) is 9.90 Å². The molecule has 1 aromatic carbocycles. The Bertz CT molecular complexity index is 1060. The Balaban J connectivity index is 1.37. The minimum atomic E-state index is -0.881. The minimum absolute atomic E-state index is 0.144. The van der Waals surface area contributed by atoms with Crippen LogP contribution in [0.25, 0.3) is 0 Å². The number of Topliss-reactive ketones (excluding diaryl/α,β-unsaturated/α-hetero) is 1. The summed E-state index contributed by atoms with van der Waals surface area (Å²) in [5, 5.41) is 12.1. The maximum absolute atomic E-state index is 13.4. The highest BCUT2D eigenvalue weighted by Crippen LogP contribution is 2.63. The molecule has 1 heterocycles. The van der Waals surface area contributed by atoms with Crippen LogP contribution in [0.2, 0.25) is 0 Å². The third kappa shape index (κ3) is 4.38. The Labute approximate surface area is 221 Å². The van der Waals surface area contributed by atoms with Gasteiger partial charge in [0.15, 0.2) is 5.79 Å². The molecule has 2 unspecified atom stereocenters. The molecule has 37 heavy (non-hydrogen) atoms. The normalized spacial score (nSPS) is 36.9. The van der Waals surface area contributed by atoms with Crippen molar-refractivity contribution in [2.75, 3.05) is 40.5 Å². The maximum atomic E-state index is 13.4. The molecule has 1 spiro atoms. The van der Waals surface area contributed by atoms with Gasteiger partial charge in [-0.2, -0.15) is 0 Å². The van der Waals surface area contributed by atoms with Crippen LogP contribution in [0.5, 0.6) is 5.75 Å². The number of allylic oxidation sites excluding steroid dienone is 1. The van der Waals surface area contributed by atoms with Crippen LogP contribution in [-0.2, 0) is 14.3 Å². The number of likely N-dealkylation sites (N-methyl/N-ethyl adjacent to an activating group) is 1. The van der Waals surface area contributed by atoms with Crippen LogP contribution in [0.4, 0.5) is 0 Å². The molecule has 202 valence electrons. The van der Waals surface area contributed by atoms with E-state index >= 15 is 0 Å². The predicted octanol–water partition coefficient (Wildman–Crippen LogP) is 4.85. The molecule has 6 rings (SSSR count). The first-order chi connectivity index (χ1) is 17.7. The number of carbonyl (C=O) groups is 1. The lowest BCUT2D eigenvalue weighted by molar-refractivity contribution is -0.208. The zero-order chi connectivity index (χ0) is 25.8. The van der Waals surface area contributed by atoms with Crippen LogP contribution in [0.1, 0.15) is 76.2 Å². The Morgan fingerprint density at radius 2 is 1.84 bits per heavy atom. The third-order valence-corrected chi connectivity index (χ3v) is 10.3. The van der Waals surface area contributed by atoms with Gasteiger partial charge in [0.25, 0.3) is 0 Å². The van der Waals surface area contributed by atoms with Crippen LogP contribution in [0.3, 0.4) is 0 Å². The fraction of sp³-hybridized carbons (Fsp3) is 0.710. The molecule has 4 aliphatic carbocycles. The second kappa shape index (κ2) is 9.48. The van der Waals surface area contributed by atoms with Crippen molar-refractivity contribution in [2.24, 2.45) is 17.3 Å². The number of ketones is 1. The fourth-order valence-corrected chi connectivity index (χ4v) is 8.42. The SMILES string of the molecule is CN(C)CCOc1ccc([C@@H]2C[C@]3(C)C(=O)CCCC3C3CC[C@]4(O)CC5(CCC4=C32)OCCO5)cc1. The van der Waals surface area contributed by atoms with Gasteiger partial charge in [0.1, 0.15) is 18.1 Å². The lowest BCUT2D eigenvalue weighted by Crippen LogP contribution is -2.55. The zero-order valence-corrected chi connectivity index (χ0v) is 22.8. The topological polar surface area (TPSA) is 68.2 Å². The number of nitrogens with zero attached hydrogens (tertiary/aromatic N) is 1. The van der Waals surface area contributed by atoms with Gasteiger partial charge < -0.3 is 24.2 Å². The minimum Gasteiger partial charge on any atom is -0.492 e. The van der Waals surface area contributed by atoms with E-state index in [0.717, 1.165) is 57.2 Å². The number of carbonyl (C=O) groups excluding carboxylic acids is 1. The summed E-state index contributed by atoms with van der Waals surface area (Å²) in [4.78, 5) is 15.5. The lowest BCUT2D eigenvalue weighted by atomic mass is 9.47. The second-order valence-corrected chi connectivity index (χ2v) is 12.7. The third-order valence-electron chi connectivity index (χ3n) is 10.3. The van der Waals surface area contributed by atoms with E-state index in [2.05, 4.69) is 36.1 Å². The molecule has 0 bridgehead atoms. The standard InChI is InChI=1S/C31H43NO5/c1-29-19-24(21-7-9-22(10-8-21)35-16-15-32(2)3)28-23(25(29)5-4-6-27(29)33)11-13-30(34)20-31(14-12-26(28)30)36-17-18-37-31/h7-10,23-25,34H,4-6,11-20H2,1-3H3/t23?,24-,25?,29-,30-/m0/s1. The first-order valence-electron chi connectivity index (χ1n) is 14.4. The van der Waals surface area contributed by atoms with E-state index in [4.69, 9.17) is 14.2 Å². The van der Waals surface area contributed by atoms with Gasteiger partial charge in [-0.15, -0.1) is 0 Å². The summed E-state index contributed by atoms with van der Waals surface area (Å²) >= 11 is 0. The number of hydrogen-bond donors (Lipinski definition) is 1. The van der Waals surface area contributed by atoms with Crippen molar-refractivity contribution >= 4 is 5.78 Å². The average Bonchev–Trinajstić information content (AvgIpc) is 3.31. The Morgan fingerprint density at radius 3 is 2.57 bits per heavy atom. The molecule has 0 radical (unpaired) electrons. The number of aliphatic hydroxyl groups is 1. The van der Waals surface area contributed by atoms with Crippen molar-refractivity contribution in [2.45, 2.75) is 82.0 Å². The van der Waals surface area contributed by atoms with E-state index < -0.39 is 11.4 Å². The van der Waals surface area contributed by atoms with E-state index in [1.165, 1.54) is 16.7 Å². The highest BCUT2D eigenvalue weighted by Gasteiger charge is 2.59. The highest BCUT2D eigenvalue weighted by molar-refractivity contribution is 5.86. The number of fused-ring (bicyclic) bond motifs is 4.